The quantitative estimate of drug-likeness (QED) is 0.885. The average molecular weight is 314 g/mol. The highest BCUT2D eigenvalue weighted by molar-refractivity contribution is 9.10. The molecule has 3 unspecified atom stereocenters. The van der Waals surface area contributed by atoms with Crippen molar-refractivity contribution in [3.63, 3.8) is 0 Å². The van der Waals surface area contributed by atoms with Gasteiger partial charge in [0.1, 0.15) is 0 Å². The summed E-state index contributed by atoms with van der Waals surface area (Å²) < 4.78 is 1.15. The Morgan fingerprint density at radius 3 is 2.59 bits per heavy atom. The van der Waals surface area contributed by atoms with E-state index in [9.17, 15) is 0 Å². The maximum atomic E-state index is 3.75. The van der Waals surface area contributed by atoms with Crippen molar-refractivity contribution in [3.05, 3.63) is 34.3 Å². The number of hydrogen-bond acceptors (Lipinski definition) is 2. The number of thioether (sulfide) groups is 1. The first-order valence-electron chi connectivity index (χ1n) is 6.23. The highest BCUT2D eigenvalue weighted by atomic mass is 79.9. The van der Waals surface area contributed by atoms with Gasteiger partial charge in [0.05, 0.1) is 0 Å². The van der Waals surface area contributed by atoms with Crippen LogP contribution in [-0.2, 0) is 0 Å². The van der Waals surface area contributed by atoms with Crippen LogP contribution in [0.3, 0.4) is 0 Å². The Kier molecular flexibility index (Phi) is 4.95. The van der Waals surface area contributed by atoms with E-state index in [1.165, 1.54) is 24.8 Å². The van der Waals surface area contributed by atoms with Crippen molar-refractivity contribution in [2.45, 2.75) is 43.5 Å². The molecule has 0 heterocycles. The molecule has 1 aliphatic rings. The number of halogens is 1. The average Bonchev–Trinajstić information content (AvgIpc) is 2.77. The molecule has 1 nitrogen and oxygen atoms in total. The molecule has 0 saturated heterocycles. The minimum Gasteiger partial charge on any atom is -0.307 e. The Hall–Kier alpha value is 0.01000. The largest absolute Gasteiger partial charge is 0.307 e. The third kappa shape index (κ3) is 3.73. The number of rotatable bonds is 4. The summed E-state index contributed by atoms with van der Waals surface area (Å²) in [7, 11) is 0. The van der Waals surface area contributed by atoms with E-state index in [-0.39, 0.29) is 0 Å². The van der Waals surface area contributed by atoms with Crippen LogP contribution >= 0.6 is 27.7 Å². The van der Waals surface area contributed by atoms with Gasteiger partial charge in [-0.3, -0.25) is 0 Å². The van der Waals surface area contributed by atoms with Gasteiger partial charge in [-0.1, -0.05) is 28.1 Å². The van der Waals surface area contributed by atoms with Gasteiger partial charge in [0.25, 0.3) is 0 Å². The van der Waals surface area contributed by atoms with Gasteiger partial charge in [-0.2, -0.15) is 11.8 Å². The van der Waals surface area contributed by atoms with E-state index >= 15 is 0 Å². The molecule has 0 spiro atoms. The fourth-order valence-electron chi connectivity index (χ4n) is 2.51. The van der Waals surface area contributed by atoms with Crippen LogP contribution in [0.15, 0.2) is 28.7 Å². The molecule has 1 fully saturated rings. The Morgan fingerprint density at radius 1 is 1.29 bits per heavy atom. The monoisotopic (exact) mass is 313 g/mol. The lowest BCUT2D eigenvalue weighted by atomic mass is 10.1. The topological polar surface area (TPSA) is 12.0 Å². The molecule has 17 heavy (non-hydrogen) atoms. The van der Waals surface area contributed by atoms with Crippen LogP contribution in [-0.4, -0.2) is 17.5 Å². The molecule has 0 aliphatic heterocycles. The Morgan fingerprint density at radius 2 is 2.00 bits per heavy atom. The van der Waals surface area contributed by atoms with Crippen LogP contribution in [0.2, 0.25) is 0 Å². The predicted octanol–water partition coefficient (Wildman–Crippen LogP) is 4.38. The summed E-state index contributed by atoms with van der Waals surface area (Å²) in [6.07, 6.45) is 6.24. The summed E-state index contributed by atoms with van der Waals surface area (Å²) in [6, 6.07) is 9.78. The summed E-state index contributed by atoms with van der Waals surface area (Å²) in [4.78, 5) is 0. The van der Waals surface area contributed by atoms with Gasteiger partial charge >= 0.3 is 0 Å². The molecule has 1 N–H and O–H groups in total. The second kappa shape index (κ2) is 6.26. The van der Waals surface area contributed by atoms with E-state index in [0.717, 1.165) is 9.72 Å². The Balaban J connectivity index is 1.89. The molecule has 94 valence electrons. The molecule has 0 aromatic heterocycles. The normalized spacial score (nSPS) is 26.1. The van der Waals surface area contributed by atoms with Gasteiger partial charge < -0.3 is 5.32 Å². The van der Waals surface area contributed by atoms with Gasteiger partial charge in [-0.25, -0.2) is 0 Å². The van der Waals surface area contributed by atoms with E-state index in [0.29, 0.717) is 12.1 Å². The zero-order valence-corrected chi connectivity index (χ0v) is 12.9. The van der Waals surface area contributed by atoms with E-state index in [1.807, 2.05) is 11.8 Å². The van der Waals surface area contributed by atoms with Gasteiger partial charge in [-0.05, 0) is 50.1 Å². The van der Waals surface area contributed by atoms with Crippen molar-refractivity contribution in [1.82, 2.24) is 5.32 Å². The van der Waals surface area contributed by atoms with E-state index in [2.05, 4.69) is 58.7 Å². The molecular weight excluding hydrogens is 294 g/mol. The van der Waals surface area contributed by atoms with Crippen molar-refractivity contribution >= 4 is 27.7 Å². The van der Waals surface area contributed by atoms with Gasteiger partial charge in [0.2, 0.25) is 0 Å². The third-order valence-corrected chi connectivity index (χ3v) is 5.20. The van der Waals surface area contributed by atoms with Crippen molar-refractivity contribution in [1.29, 1.82) is 0 Å². The smallest absolute Gasteiger partial charge is 0.0294 e. The molecule has 1 aromatic carbocycles. The second-order valence-corrected chi connectivity index (χ2v) is 6.86. The van der Waals surface area contributed by atoms with Crippen molar-refractivity contribution < 1.29 is 0 Å². The van der Waals surface area contributed by atoms with Crippen LogP contribution in [0.1, 0.15) is 37.8 Å². The van der Waals surface area contributed by atoms with Gasteiger partial charge in [0, 0.05) is 21.8 Å². The summed E-state index contributed by atoms with van der Waals surface area (Å²) >= 11 is 5.49. The Labute approximate surface area is 117 Å². The van der Waals surface area contributed by atoms with Gasteiger partial charge in [0.15, 0.2) is 0 Å². The fraction of sp³-hybridized carbons (Fsp3) is 0.571. The van der Waals surface area contributed by atoms with Crippen LogP contribution in [0, 0.1) is 0 Å². The zero-order chi connectivity index (χ0) is 12.3. The van der Waals surface area contributed by atoms with Crippen LogP contribution in [0.5, 0.6) is 0 Å². The molecule has 3 heteroatoms. The van der Waals surface area contributed by atoms with Crippen molar-refractivity contribution in [2.75, 3.05) is 6.26 Å². The van der Waals surface area contributed by atoms with E-state index < -0.39 is 0 Å². The molecule has 0 bridgehead atoms. The predicted molar refractivity (Wildman–Crippen MR) is 80.6 cm³/mol. The standard InChI is InChI=1S/C14H20BrNS/c1-10(11-3-5-12(15)6-4-11)16-13-7-8-14(9-13)17-2/h3-6,10,13-14,16H,7-9H2,1-2H3. The van der Waals surface area contributed by atoms with Crippen molar-refractivity contribution in [2.24, 2.45) is 0 Å². The lowest BCUT2D eigenvalue weighted by Crippen LogP contribution is -2.29. The van der Waals surface area contributed by atoms with Crippen LogP contribution in [0.25, 0.3) is 0 Å². The highest BCUT2D eigenvalue weighted by Crippen LogP contribution is 2.29. The first-order chi connectivity index (χ1) is 8.19. The maximum absolute atomic E-state index is 3.75. The molecule has 1 saturated carbocycles. The van der Waals surface area contributed by atoms with E-state index in [4.69, 9.17) is 0 Å². The SMILES string of the molecule is CSC1CCC(NC(C)c2ccc(Br)cc2)C1. The lowest BCUT2D eigenvalue weighted by molar-refractivity contribution is 0.462. The lowest BCUT2D eigenvalue weighted by Gasteiger charge is -2.20. The molecule has 0 radical (unpaired) electrons. The highest BCUT2D eigenvalue weighted by Gasteiger charge is 2.24. The minimum atomic E-state index is 0.453. The summed E-state index contributed by atoms with van der Waals surface area (Å²) in [5.41, 5.74) is 1.38. The van der Waals surface area contributed by atoms with Crippen molar-refractivity contribution in [3.8, 4) is 0 Å². The minimum absolute atomic E-state index is 0.453. The zero-order valence-electron chi connectivity index (χ0n) is 10.4. The van der Waals surface area contributed by atoms with E-state index in [1.54, 1.807) is 0 Å². The molecule has 1 aliphatic carbocycles. The van der Waals surface area contributed by atoms with Crippen LogP contribution < -0.4 is 5.32 Å². The molecule has 2 rings (SSSR count). The summed E-state index contributed by atoms with van der Waals surface area (Å²) in [6.45, 7) is 2.26. The fourth-order valence-corrected chi connectivity index (χ4v) is 3.57. The molecular formula is C14H20BrNS. The first kappa shape index (κ1) is 13.4. The summed E-state index contributed by atoms with van der Waals surface area (Å²) in [5, 5.41) is 4.62. The number of nitrogens with one attached hydrogen (secondary N) is 1. The molecule has 1 aromatic rings. The number of benzene rings is 1. The summed E-state index contributed by atoms with van der Waals surface area (Å²) in [5.74, 6) is 0. The first-order valence-corrected chi connectivity index (χ1v) is 8.31. The van der Waals surface area contributed by atoms with Crippen LogP contribution in [0.4, 0.5) is 0 Å². The Bertz CT molecular complexity index is 352. The maximum Gasteiger partial charge on any atom is 0.0294 e. The van der Waals surface area contributed by atoms with Gasteiger partial charge in [-0.15, -0.1) is 0 Å². The second-order valence-electron chi connectivity index (χ2n) is 4.81. The third-order valence-electron chi connectivity index (χ3n) is 3.57. The number of hydrogen-bond donors (Lipinski definition) is 1. The molecule has 3 atom stereocenters. The molecule has 0 amide bonds.